The van der Waals surface area contributed by atoms with Crippen molar-refractivity contribution < 1.29 is 19.2 Å². The lowest BCUT2D eigenvalue weighted by molar-refractivity contribution is -0.384. The number of nitrogens with one attached hydrogen (secondary N) is 1. The van der Waals surface area contributed by atoms with Gasteiger partial charge < -0.3 is 4.74 Å². The number of halogens is 3. The minimum atomic E-state index is -0.579. The highest BCUT2D eigenvalue weighted by molar-refractivity contribution is 9.11. The third-order valence-electron chi connectivity index (χ3n) is 4.04. The van der Waals surface area contributed by atoms with Crippen molar-refractivity contribution in [2.75, 3.05) is 0 Å². The average Bonchev–Trinajstić information content (AvgIpc) is 2.76. The second-order valence-electron chi connectivity index (χ2n) is 6.18. The van der Waals surface area contributed by atoms with Crippen LogP contribution in [0.15, 0.2) is 79.2 Å². The fourth-order valence-electron chi connectivity index (χ4n) is 2.52. The van der Waals surface area contributed by atoms with Gasteiger partial charge in [-0.3, -0.25) is 14.9 Å². The van der Waals surface area contributed by atoms with Crippen LogP contribution in [0.1, 0.15) is 26.3 Å². The lowest BCUT2D eigenvalue weighted by Gasteiger charge is -2.11. The van der Waals surface area contributed by atoms with Crippen LogP contribution in [0.25, 0.3) is 0 Å². The lowest BCUT2D eigenvalue weighted by Crippen LogP contribution is -2.17. The molecule has 3 rings (SSSR count). The molecule has 0 unspecified atom stereocenters. The van der Waals surface area contributed by atoms with Crippen LogP contribution in [-0.2, 0) is 0 Å². The van der Waals surface area contributed by atoms with E-state index in [4.69, 9.17) is 4.74 Å². The van der Waals surface area contributed by atoms with E-state index in [0.717, 1.165) is 0 Å². The molecule has 0 saturated carbocycles. The number of hydrogen-bond donors (Lipinski definition) is 1. The van der Waals surface area contributed by atoms with Crippen molar-refractivity contribution >= 4 is 71.6 Å². The first kappa shape index (κ1) is 23.8. The molecule has 32 heavy (non-hydrogen) atoms. The number of non-ortho nitro benzene ring substituents is 1. The Labute approximate surface area is 207 Å². The number of nitro groups is 1. The van der Waals surface area contributed by atoms with E-state index in [9.17, 15) is 19.7 Å². The Morgan fingerprint density at radius 1 is 1.00 bits per heavy atom. The van der Waals surface area contributed by atoms with Crippen LogP contribution >= 0.6 is 47.8 Å². The Balaban J connectivity index is 1.79. The summed E-state index contributed by atoms with van der Waals surface area (Å²) in [4.78, 5) is 35.0. The molecule has 0 fully saturated rings. The van der Waals surface area contributed by atoms with Gasteiger partial charge in [0, 0.05) is 32.2 Å². The molecule has 0 heterocycles. The Hall–Kier alpha value is -2.89. The quantitative estimate of drug-likeness (QED) is 0.121. The van der Waals surface area contributed by atoms with Gasteiger partial charge in [0.15, 0.2) is 5.75 Å². The van der Waals surface area contributed by atoms with E-state index in [2.05, 4.69) is 58.3 Å². The maximum atomic E-state index is 12.6. The fourth-order valence-corrected chi connectivity index (χ4v) is 4.30. The third-order valence-corrected chi connectivity index (χ3v) is 5.77. The molecule has 0 radical (unpaired) electrons. The van der Waals surface area contributed by atoms with Gasteiger partial charge in [-0.2, -0.15) is 5.10 Å². The van der Waals surface area contributed by atoms with Gasteiger partial charge in [-0.05, 0) is 68.3 Å². The molecule has 162 valence electrons. The summed E-state index contributed by atoms with van der Waals surface area (Å²) in [6.07, 6.45) is 1.32. The van der Waals surface area contributed by atoms with Crippen LogP contribution in [-0.4, -0.2) is 23.0 Å². The Bertz CT molecular complexity index is 1230. The van der Waals surface area contributed by atoms with Crippen LogP contribution in [0.5, 0.6) is 5.75 Å². The number of hydrazone groups is 1. The first-order valence-corrected chi connectivity index (χ1v) is 11.2. The van der Waals surface area contributed by atoms with E-state index in [1.165, 1.54) is 30.5 Å². The number of carbonyl (C=O) groups excluding carboxylic acids is 2. The number of amides is 1. The molecule has 0 aliphatic rings. The van der Waals surface area contributed by atoms with Gasteiger partial charge in [0.1, 0.15) is 0 Å². The Morgan fingerprint density at radius 2 is 1.69 bits per heavy atom. The molecular weight excluding hydrogens is 614 g/mol. The number of nitrogens with zero attached hydrogens (tertiary/aromatic N) is 2. The zero-order chi connectivity index (χ0) is 23.3. The number of rotatable bonds is 6. The van der Waals surface area contributed by atoms with E-state index in [-0.39, 0.29) is 17.0 Å². The lowest BCUT2D eigenvalue weighted by atomic mass is 10.2. The summed E-state index contributed by atoms with van der Waals surface area (Å²) >= 11 is 10.1. The van der Waals surface area contributed by atoms with E-state index in [1.807, 2.05) is 0 Å². The summed E-state index contributed by atoms with van der Waals surface area (Å²) < 4.78 is 7.34. The number of nitro benzene ring substituents is 1. The minimum Gasteiger partial charge on any atom is -0.421 e. The Kier molecular flexibility index (Phi) is 7.89. The molecule has 0 aromatic heterocycles. The van der Waals surface area contributed by atoms with E-state index in [0.29, 0.717) is 24.5 Å². The molecule has 0 saturated heterocycles. The second kappa shape index (κ2) is 10.6. The molecule has 3 aromatic carbocycles. The molecule has 11 heteroatoms. The maximum Gasteiger partial charge on any atom is 0.344 e. The zero-order valence-corrected chi connectivity index (χ0v) is 20.7. The maximum absolute atomic E-state index is 12.6. The van der Waals surface area contributed by atoms with Crippen molar-refractivity contribution in [1.29, 1.82) is 0 Å². The highest BCUT2D eigenvalue weighted by atomic mass is 79.9. The van der Waals surface area contributed by atoms with E-state index in [1.54, 1.807) is 36.4 Å². The molecule has 0 bridgehead atoms. The van der Waals surface area contributed by atoms with Crippen molar-refractivity contribution in [2.45, 2.75) is 0 Å². The number of carbonyl (C=O) groups is 2. The van der Waals surface area contributed by atoms with E-state index >= 15 is 0 Å². The Morgan fingerprint density at radius 3 is 2.34 bits per heavy atom. The monoisotopic (exact) mass is 623 g/mol. The van der Waals surface area contributed by atoms with Gasteiger partial charge >= 0.3 is 5.97 Å². The van der Waals surface area contributed by atoms with Crippen LogP contribution in [0, 0.1) is 10.1 Å². The summed E-state index contributed by atoms with van der Waals surface area (Å²) in [5.41, 5.74) is 3.17. The van der Waals surface area contributed by atoms with Crippen LogP contribution in [0.4, 0.5) is 5.69 Å². The summed E-state index contributed by atoms with van der Waals surface area (Å²) in [5.74, 6) is -0.927. The van der Waals surface area contributed by atoms with Crippen molar-refractivity contribution in [3.05, 3.63) is 101 Å². The molecule has 0 aliphatic carbocycles. The largest absolute Gasteiger partial charge is 0.421 e. The van der Waals surface area contributed by atoms with E-state index < -0.39 is 16.8 Å². The SMILES string of the molecule is O=C(N/N=C/c1cc(Br)cc(Br)c1OC(=O)c1ccccc1Br)c1ccc([N+](=O)[O-])cc1. The van der Waals surface area contributed by atoms with Gasteiger partial charge in [-0.1, -0.05) is 28.1 Å². The average molecular weight is 626 g/mol. The first-order valence-electron chi connectivity index (χ1n) is 8.80. The van der Waals surface area contributed by atoms with Gasteiger partial charge in [0.05, 0.1) is 21.2 Å². The highest BCUT2D eigenvalue weighted by Gasteiger charge is 2.17. The van der Waals surface area contributed by atoms with Gasteiger partial charge in [-0.15, -0.1) is 0 Å². The van der Waals surface area contributed by atoms with Crippen molar-refractivity contribution in [1.82, 2.24) is 5.43 Å². The van der Waals surface area contributed by atoms with Crippen LogP contribution in [0.2, 0.25) is 0 Å². The molecule has 0 spiro atoms. The van der Waals surface area contributed by atoms with Crippen molar-refractivity contribution in [3.63, 3.8) is 0 Å². The molecule has 1 amide bonds. The first-order chi connectivity index (χ1) is 15.3. The number of esters is 1. The molecule has 8 nitrogen and oxygen atoms in total. The number of hydrogen-bond acceptors (Lipinski definition) is 6. The molecular formula is C21H12Br3N3O5. The topological polar surface area (TPSA) is 111 Å². The van der Waals surface area contributed by atoms with Crippen LogP contribution in [0.3, 0.4) is 0 Å². The standard InChI is InChI=1S/C21H12Br3N3O5/c22-14-9-13(11-25-26-20(28)12-5-7-15(8-6-12)27(30)31)19(18(24)10-14)32-21(29)16-3-1-2-4-17(16)23/h1-11H,(H,26,28)/b25-11+. The molecule has 0 aliphatic heterocycles. The minimum absolute atomic E-state index is 0.124. The third kappa shape index (κ3) is 5.87. The van der Waals surface area contributed by atoms with Crippen molar-refractivity contribution in [3.8, 4) is 5.75 Å². The van der Waals surface area contributed by atoms with Gasteiger partial charge in [0.25, 0.3) is 11.6 Å². The normalized spacial score (nSPS) is 10.7. The van der Waals surface area contributed by atoms with Crippen molar-refractivity contribution in [2.24, 2.45) is 5.10 Å². The predicted molar refractivity (Wildman–Crippen MR) is 129 cm³/mol. The fraction of sp³-hybridized carbons (Fsp3) is 0. The predicted octanol–water partition coefficient (Wildman–Crippen LogP) is 5.87. The number of benzene rings is 3. The zero-order valence-electron chi connectivity index (χ0n) is 15.9. The van der Waals surface area contributed by atoms with Gasteiger partial charge in [0.2, 0.25) is 0 Å². The van der Waals surface area contributed by atoms with Crippen LogP contribution < -0.4 is 10.2 Å². The van der Waals surface area contributed by atoms with Gasteiger partial charge in [-0.25, -0.2) is 10.2 Å². The second-order valence-corrected chi connectivity index (χ2v) is 8.80. The summed E-state index contributed by atoms with van der Waals surface area (Å²) in [6.45, 7) is 0. The smallest absolute Gasteiger partial charge is 0.344 e. The molecule has 1 N–H and O–H groups in total. The molecule has 0 atom stereocenters. The highest BCUT2D eigenvalue weighted by Crippen LogP contribution is 2.33. The molecule has 3 aromatic rings. The summed E-state index contributed by atoms with van der Waals surface area (Å²) in [6, 6.07) is 15.3. The number of ether oxygens (including phenoxy) is 1. The summed E-state index contributed by atoms with van der Waals surface area (Å²) in [5, 5.41) is 14.6. The summed E-state index contributed by atoms with van der Waals surface area (Å²) in [7, 11) is 0.